The molecule has 0 unspecified atom stereocenters. The molecule has 3 rings (SSSR count). The van der Waals surface area contributed by atoms with Crippen LogP contribution in [0.2, 0.25) is 0 Å². The van der Waals surface area contributed by atoms with E-state index in [9.17, 15) is 24.3 Å². The highest BCUT2D eigenvalue weighted by Gasteiger charge is 2.44. The molecule has 1 aromatic carbocycles. The molecule has 344 valence electrons. The normalized spacial score (nSPS) is 15.9. The minimum Gasteiger partial charge on any atom is -0.481 e. The van der Waals surface area contributed by atoms with Crippen molar-refractivity contribution < 1.29 is 67.3 Å². The number of aliphatic hydroxyl groups excluding tert-OH is 1. The van der Waals surface area contributed by atoms with Crippen molar-refractivity contribution in [3.8, 4) is 10.4 Å². The van der Waals surface area contributed by atoms with Crippen LogP contribution in [0.25, 0.3) is 10.4 Å². The van der Waals surface area contributed by atoms with Gasteiger partial charge < -0.3 is 63.6 Å². The number of thiazole rings is 1. The quantitative estimate of drug-likeness (QED) is 0.0755. The number of carboxylic acid groups (broad SMARTS) is 1. The number of nitrogens with one attached hydrogen (secondary N) is 2. The number of hydrogen-bond acceptors (Lipinski definition) is 15. The first-order valence-electron chi connectivity index (χ1n) is 20.8. The van der Waals surface area contributed by atoms with E-state index in [-0.39, 0.29) is 51.7 Å². The molecular formula is C42H66N4O14S. The van der Waals surface area contributed by atoms with E-state index in [1.165, 1.54) is 4.90 Å². The third-order valence-corrected chi connectivity index (χ3v) is 10.2. The number of carboxylic acids is 1. The van der Waals surface area contributed by atoms with Crippen molar-refractivity contribution in [3.63, 3.8) is 0 Å². The number of benzene rings is 1. The summed E-state index contributed by atoms with van der Waals surface area (Å²) in [6, 6.07) is 6.00. The molecule has 0 bridgehead atoms. The van der Waals surface area contributed by atoms with Gasteiger partial charge in [-0.2, -0.15) is 0 Å². The Morgan fingerprint density at radius 1 is 0.787 bits per heavy atom. The average molecular weight is 883 g/mol. The molecule has 0 saturated carbocycles. The zero-order valence-corrected chi connectivity index (χ0v) is 36.9. The molecule has 1 saturated heterocycles. The fraction of sp³-hybridized carbons (Fsp3) is 0.690. The summed E-state index contributed by atoms with van der Waals surface area (Å²) in [5.74, 6) is -2.13. The predicted octanol–water partition coefficient (Wildman–Crippen LogP) is 2.23. The third-order valence-electron chi connectivity index (χ3n) is 9.23. The lowest BCUT2D eigenvalue weighted by molar-refractivity contribution is -0.144. The number of aliphatic hydroxyl groups is 1. The summed E-state index contributed by atoms with van der Waals surface area (Å²) in [6.45, 7) is 13.2. The van der Waals surface area contributed by atoms with Gasteiger partial charge in [-0.05, 0) is 29.9 Å². The number of aryl methyl sites for hydroxylation is 1. The number of aromatic nitrogens is 1. The van der Waals surface area contributed by atoms with Gasteiger partial charge in [0, 0.05) is 32.5 Å². The fourth-order valence-electron chi connectivity index (χ4n) is 6.01. The number of aliphatic carboxylic acids is 1. The molecule has 0 spiro atoms. The lowest BCUT2D eigenvalue weighted by atomic mass is 9.85. The van der Waals surface area contributed by atoms with Crippen molar-refractivity contribution in [1.29, 1.82) is 0 Å². The number of nitrogens with zero attached hydrogens (tertiary/aromatic N) is 2. The van der Waals surface area contributed by atoms with Crippen LogP contribution in [-0.2, 0) is 63.6 Å². The van der Waals surface area contributed by atoms with E-state index < -0.39 is 41.4 Å². The summed E-state index contributed by atoms with van der Waals surface area (Å²) in [7, 11) is 0. The predicted molar refractivity (Wildman–Crippen MR) is 225 cm³/mol. The van der Waals surface area contributed by atoms with E-state index in [1.54, 1.807) is 11.3 Å². The Morgan fingerprint density at radius 3 is 1.74 bits per heavy atom. The summed E-state index contributed by atoms with van der Waals surface area (Å²) < 4.78 is 43.5. The van der Waals surface area contributed by atoms with E-state index in [0.717, 1.165) is 21.7 Å². The molecule has 1 aliphatic heterocycles. The zero-order valence-electron chi connectivity index (χ0n) is 36.1. The van der Waals surface area contributed by atoms with Crippen molar-refractivity contribution in [2.45, 2.75) is 71.7 Å². The minimum absolute atomic E-state index is 0.0161. The standard InChI is InChI=1S/C42H66N4O14S/c1-31-38(61-30-44-31)33-9-7-32(8-10-33)27-43-40(51)35-26-34(47)28-46(35)41(52)39(42(2,3)4)45-36(48)29-60-25-24-59-23-22-58-21-20-57-19-18-56-17-16-55-15-14-54-13-12-53-11-5-6-37(49)50/h7-10,30,34-35,39,47H,5-6,11-29H2,1-4H3,(H,43,51)(H,45,48)(H,49,50)/t34-,35+,39-/m1/s1. The van der Waals surface area contributed by atoms with Gasteiger partial charge in [0.25, 0.3) is 0 Å². The first-order chi connectivity index (χ1) is 29.4. The van der Waals surface area contributed by atoms with E-state index in [0.29, 0.717) is 92.3 Å². The minimum atomic E-state index is -0.961. The van der Waals surface area contributed by atoms with Gasteiger partial charge in [0.1, 0.15) is 18.7 Å². The van der Waals surface area contributed by atoms with Gasteiger partial charge in [0.2, 0.25) is 17.7 Å². The maximum absolute atomic E-state index is 13.8. The molecule has 19 heteroatoms. The Labute approximate surface area is 362 Å². The van der Waals surface area contributed by atoms with Gasteiger partial charge in [-0.25, -0.2) is 4.98 Å². The SMILES string of the molecule is Cc1ncsc1-c1ccc(CNC(=O)[C@@H]2C[C@@H](O)CN2C(=O)[C@@H](NC(=O)COCCOCCOCCOCCOCCOCCOCCOCCCC(=O)O)C(C)(C)C)cc1. The lowest BCUT2D eigenvalue weighted by Gasteiger charge is -2.35. The largest absolute Gasteiger partial charge is 0.481 e. The summed E-state index contributed by atoms with van der Waals surface area (Å²) in [4.78, 5) is 57.2. The number of β-amino-alcohol motifs (C(OH)–C–C–N with tert-alkyl or cyclic N) is 1. The van der Waals surface area contributed by atoms with Gasteiger partial charge in [0.05, 0.1) is 115 Å². The second kappa shape index (κ2) is 29.6. The molecule has 0 radical (unpaired) electrons. The maximum atomic E-state index is 13.8. The van der Waals surface area contributed by atoms with Crippen LogP contribution in [0.1, 0.15) is 51.3 Å². The Kier molecular flexibility index (Phi) is 25.1. The topological polar surface area (TPSA) is 223 Å². The first kappa shape index (κ1) is 51.7. The van der Waals surface area contributed by atoms with E-state index in [4.69, 9.17) is 43.0 Å². The van der Waals surface area contributed by atoms with Crippen molar-refractivity contribution in [3.05, 3.63) is 41.0 Å². The average Bonchev–Trinajstić information content (AvgIpc) is 3.84. The number of rotatable bonds is 33. The number of carbonyl (C=O) groups is 4. The second-order valence-electron chi connectivity index (χ2n) is 15.3. The molecule has 3 atom stereocenters. The van der Waals surface area contributed by atoms with Crippen molar-refractivity contribution in [1.82, 2.24) is 20.5 Å². The smallest absolute Gasteiger partial charge is 0.303 e. The van der Waals surface area contributed by atoms with Crippen LogP contribution in [0.15, 0.2) is 29.8 Å². The molecule has 4 N–H and O–H groups in total. The summed E-state index contributed by atoms with van der Waals surface area (Å²) in [6.07, 6.45) is -0.186. The molecule has 61 heavy (non-hydrogen) atoms. The highest BCUT2D eigenvalue weighted by atomic mass is 32.1. The van der Waals surface area contributed by atoms with Crippen molar-refractivity contribution >= 4 is 35.0 Å². The van der Waals surface area contributed by atoms with Gasteiger partial charge in [-0.3, -0.25) is 19.2 Å². The monoisotopic (exact) mass is 882 g/mol. The molecule has 3 amide bonds. The summed E-state index contributed by atoms with van der Waals surface area (Å²) in [5, 5.41) is 24.7. The van der Waals surface area contributed by atoms with Crippen LogP contribution < -0.4 is 10.6 Å². The Morgan fingerprint density at radius 2 is 1.28 bits per heavy atom. The number of likely N-dealkylation sites (tertiary alicyclic amines) is 1. The molecular weight excluding hydrogens is 817 g/mol. The van der Waals surface area contributed by atoms with Crippen molar-refractivity contribution in [2.75, 3.05) is 112 Å². The van der Waals surface area contributed by atoms with Gasteiger partial charge in [0.15, 0.2) is 0 Å². The maximum Gasteiger partial charge on any atom is 0.303 e. The Bertz CT molecular complexity index is 1560. The third kappa shape index (κ3) is 21.3. The number of carbonyl (C=O) groups excluding carboxylic acids is 3. The number of ether oxygens (including phenoxy) is 8. The highest BCUT2D eigenvalue weighted by Crippen LogP contribution is 2.28. The molecule has 1 fully saturated rings. The van der Waals surface area contributed by atoms with E-state index in [2.05, 4.69) is 15.6 Å². The summed E-state index contributed by atoms with van der Waals surface area (Å²) in [5.41, 5.74) is 4.01. The molecule has 0 aliphatic carbocycles. The first-order valence-corrected chi connectivity index (χ1v) is 21.6. The van der Waals surface area contributed by atoms with Crippen LogP contribution in [0.5, 0.6) is 0 Å². The van der Waals surface area contributed by atoms with E-state index in [1.807, 2.05) is 57.5 Å². The second-order valence-corrected chi connectivity index (χ2v) is 16.1. The van der Waals surface area contributed by atoms with Crippen molar-refractivity contribution in [2.24, 2.45) is 5.41 Å². The van der Waals surface area contributed by atoms with Crippen LogP contribution in [0, 0.1) is 12.3 Å². The number of hydrogen-bond donors (Lipinski definition) is 4. The van der Waals surface area contributed by atoms with Gasteiger partial charge >= 0.3 is 5.97 Å². The fourth-order valence-corrected chi connectivity index (χ4v) is 6.82. The molecule has 2 aromatic rings. The molecule has 1 aliphatic rings. The van der Waals surface area contributed by atoms with Crippen LogP contribution in [0.3, 0.4) is 0 Å². The van der Waals surface area contributed by atoms with Gasteiger partial charge in [-0.1, -0.05) is 45.0 Å². The van der Waals surface area contributed by atoms with Crippen LogP contribution in [0.4, 0.5) is 0 Å². The summed E-state index contributed by atoms with van der Waals surface area (Å²) >= 11 is 1.57. The Hall–Kier alpha value is -3.63. The van der Waals surface area contributed by atoms with Crippen LogP contribution >= 0.6 is 11.3 Å². The molecule has 2 heterocycles. The highest BCUT2D eigenvalue weighted by molar-refractivity contribution is 7.13. The van der Waals surface area contributed by atoms with Crippen LogP contribution in [-0.4, -0.2) is 174 Å². The number of amides is 3. The molecule has 1 aromatic heterocycles. The molecule has 18 nitrogen and oxygen atoms in total. The zero-order chi connectivity index (χ0) is 44.3. The Balaban J connectivity index is 1.18. The van der Waals surface area contributed by atoms with E-state index >= 15 is 0 Å². The van der Waals surface area contributed by atoms with Gasteiger partial charge in [-0.15, -0.1) is 11.3 Å². The lowest BCUT2D eigenvalue weighted by Crippen LogP contribution is -2.58.